The zero-order valence-electron chi connectivity index (χ0n) is 12.8. The Morgan fingerprint density at radius 3 is 2.81 bits per heavy atom. The number of aliphatic hydroxyl groups is 1. The largest absolute Gasteiger partial charge is 0.396 e. The lowest BCUT2D eigenvalue weighted by molar-refractivity contribution is 0.0944. The van der Waals surface area contributed by atoms with Crippen molar-refractivity contribution in [2.24, 2.45) is 5.92 Å². The first kappa shape index (κ1) is 15.4. The highest BCUT2D eigenvalue weighted by molar-refractivity contribution is 5.98. The van der Waals surface area contributed by atoms with Crippen molar-refractivity contribution >= 4 is 16.8 Å². The molecular formula is C17H22N2O2. The van der Waals surface area contributed by atoms with Crippen molar-refractivity contribution in [1.29, 1.82) is 0 Å². The van der Waals surface area contributed by atoms with Crippen LogP contribution in [-0.4, -0.2) is 29.1 Å². The number of aliphatic hydroxyl groups excluding tert-OH is 1. The molecule has 1 unspecified atom stereocenters. The molecule has 1 atom stereocenters. The van der Waals surface area contributed by atoms with Crippen molar-refractivity contribution in [3.05, 3.63) is 41.1 Å². The van der Waals surface area contributed by atoms with Gasteiger partial charge < -0.3 is 10.4 Å². The summed E-state index contributed by atoms with van der Waals surface area (Å²) in [6, 6.07) is 7.93. The number of aromatic nitrogens is 1. The van der Waals surface area contributed by atoms with Gasteiger partial charge in [-0.15, -0.1) is 0 Å². The van der Waals surface area contributed by atoms with Gasteiger partial charge in [-0.1, -0.05) is 18.6 Å². The van der Waals surface area contributed by atoms with Crippen LogP contribution in [0.3, 0.4) is 0 Å². The first-order valence-electron chi connectivity index (χ1n) is 7.28. The quantitative estimate of drug-likeness (QED) is 0.888. The number of nitrogens with zero attached hydrogens (tertiary/aromatic N) is 1. The van der Waals surface area contributed by atoms with Gasteiger partial charge in [0.2, 0.25) is 0 Å². The van der Waals surface area contributed by atoms with Crippen LogP contribution in [-0.2, 0) is 0 Å². The highest BCUT2D eigenvalue weighted by atomic mass is 16.3. The average molecular weight is 286 g/mol. The van der Waals surface area contributed by atoms with Crippen molar-refractivity contribution in [3.8, 4) is 0 Å². The lowest BCUT2D eigenvalue weighted by Gasteiger charge is -2.12. The molecule has 0 aliphatic heterocycles. The summed E-state index contributed by atoms with van der Waals surface area (Å²) in [5.74, 6) is 0.156. The Labute approximate surface area is 125 Å². The van der Waals surface area contributed by atoms with Crippen molar-refractivity contribution in [2.45, 2.75) is 27.2 Å². The van der Waals surface area contributed by atoms with E-state index in [-0.39, 0.29) is 18.4 Å². The maximum Gasteiger partial charge on any atom is 0.253 e. The number of fused-ring (bicyclic) bond motifs is 1. The third-order valence-corrected chi connectivity index (χ3v) is 3.64. The van der Waals surface area contributed by atoms with Gasteiger partial charge in [0.05, 0.1) is 16.8 Å². The summed E-state index contributed by atoms with van der Waals surface area (Å²) in [5.41, 5.74) is 3.40. The van der Waals surface area contributed by atoms with Crippen LogP contribution in [0.1, 0.15) is 35.0 Å². The average Bonchev–Trinajstić information content (AvgIpc) is 2.45. The normalized spacial score (nSPS) is 12.4. The van der Waals surface area contributed by atoms with E-state index in [9.17, 15) is 4.79 Å². The van der Waals surface area contributed by atoms with E-state index in [1.807, 2.05) is 45.0 Å². The fourth-order valence-corrected chi connectivity index (χ4v) is 2.31. The Morgan fingerprint density at radius 2 is 2.10 bits per heavy atom. The minimum Gasteiger partial charge on any atom is -0.396 e. The highest BCUT2D eigenvalue weighted by Gasteiger charge is 2.12. The second-order valence-corrected chi connectivity index (χ2v) is 5.64. The molecule has 1 aromatic heterocycles. The van der Waals surface area contributed by atoms with E-state index in [4.69, 9.17) is 5.11 Å². The molecular weight excluding hydrogens is 264 g/mol. The number of amides is 1. The fourth-order valence-electron chi connectivity index (χ4n) is 2.31. The zero-order chi connectivity index (χ0) is 15.4. The molecule has 0 aliphatic carbocycles. The third kappa shape index (κ3) is 3.79. The van der Waals surface area contributed by atoms with Crippen molar-refractivity contribution in [1.82, 2.24) is 10.3 Å². The summed E-state index contributed by atoms with van der Waals surface area (Å²) in [5, 5.41) is 12.8. The van der Waals surface area contributed by atoms with Crippen LogP contribution in [0.25, 0.3) is 10.9 Å². The maximum absolute atomic E-state index is 12.3. The van der Waals surface area contributed by atoms with Gasteiger partial charge in [-0.2, -0.15) is 0 Å². The lowest BCUT2D eigenvalue weighted by atomic mass is 10.1. The van der Waals surface area contributed by atoms with E-state index in [2.05, 4.69) is 10.3 Å². The molecule has 0 saturated heterocycles. The molecule has 1 amide bonds. The zero-order valence-corrected chi connectivity index (χ0v) is 12.8. The molecule has 112 valence electrons. The van der Waals surface area contributed by atoms with Crippen LogP contribution in [0.4, 0.5) is 0 Å². The molecule has 0 fully saturated rings. The third-order valence-electron chi connectivity index (χ3n) is 3.64. The number of benzene rings is 1. The van der Waals surface area contributed by atoms with Crippen LogP contribution < -0.4 is 5.32 Å². The topological polar surface area (TPSA) is 62.2 Å². The monoisotopic (exact) mass is 286 g/mol. The number of rotatable bonds is 5. The van der Waals surface area contributed by atoms with Gasteiger partial charge in [-0.05, 0) is 44.4 Å². The second kappa shape index (κ2) is 6.68. The van der Waals surface area contributed by atoms with Gasteiger partial charge >= 0.3 is 0 Å². The molecule has 0 aliphatic rings. The molecule has 4 heteroatoms. The molecule has 2 N–H and O–H groups in total. The van der Waals surface area contributed by atoms with Crippen molar-refractivity contribution in [3.63, 3.8) is 0 Å². The first-order valence-corrected chi connectivity index (χ1v) is 7.28. The Morgan fingerprint density at radius 1 is 1.33 bits per heavy atom. The molecule has 2 aromatic rings. The predicted octanol–water partition coefficient (Wildman–Crippen LogP) is 2.60. The van der Waals surface area contributed by atoms with Gasteiger partial charge in [-0.25, -0.2) is 0 Å². The summed E-state index contributed by atoms with van der Waals surface area (Å²) >= 11 is 0. The van der Waals surface area contributed by atoms with Gasteiger partial charge in [-0.3, -0.25) is 9.78 Å². The molecule has 1 aromatic carbocycles. The van der Waals surface area contributed by atoms with E-state index >= 15 is 0 Å². The van der Waals surface area contributed by atoms with Crippen LogP contribution >= 0.6 is 0 Å². The van der Waals surface area contributed by atoms with E-state index in [1.165, 1.54) is 0 Å². The van der Waals surface area contributed by atoms with E-state index in [0.717, 1.165) is 22.2 Å². The van der Waals surface area contributed by atoms with E-state index in [0.29, 0.717) is 18.5 Å². The molecule has 0 radical (unpaired) electrons. The lowest BCUT2D eigenvalue weighted by Crippen LogP contribution is -2.29. The molecule has 21 heavy (non-hydrogen) atoms. The molecule has 4 nitrogen and oxygen atoms in total. The maximum atomic E-state index is 12.3. The standard InChI is InChI=1S/C17H22N2O2/c1-11-4-5-16-14(8-11)9-15(13(3)19-16)17(21)18-10-12(2)6-7-20/h4-5,8-9,12,20H,6-7,10H2,1-3H3,(H,18,21). The Hall–Kier alpha value is -1.94. The number of carbonyl (C=O) groups excluding carboxylic acids is 1. The SMILES string of the molecule is Cc1ccc2nc(C)c(C(=O)NCC(C)CCO)cc2c1. The van der Waals surface area contributed by atoms with Crippen molar-refractivity contribution < 1.29 is 9.90 Å². The second-order valence-electron chi connectivity index (χ2n) is 5.64. The van der Waals surface area contributed by atoms with Gasteiger partial charge in [0, 0.05) is 18.5 Å². The Balaban J connectivity index is 2.20. The fraction of sp³-hybridized carbons (Fsp3) is 0.412. The Bertz CT molecular complexity index is 653. The summed E-state index contributed by atoms with van der Waals surface area (Å²) in [6.45, 7) is 6.59. The summed E-state index contributed by atoms with van der Waals surface area (Å²) < 4.78 is 0. The summed E-state index contributed by atoms with van der Waals surface area (Å²) in [4.78, 5) is 16.8. The van der Waals surface area contributed by atoms with E-state index < -0.39 is 0 Å². The van der Waals surface area contributed by atoms with Gasteiger partial charge in [0.1, 0.15) is 0 Å². The summed E-state index contributed by atoms with van der Waals surface area (Å²) in [6.07, 6.45) is 0.689. The van der Waals surface area contributed by atoms with Gasteiger partial charge in [0.15, 0.2) is 0 Å². The molecule has 0 spiro atoms. The number of carbonyl (C=O) groups is 1. The highest BCUT2D eigenvalue weighted by Crippen LogP contribution is 2.18. The molecule has 2 rings (SSSR count). The minimum absolute atomic E-state index is 0.104. The predicted molar refractivity (Wildman–Crippen MR) is 84.4 cm³/mol. The number of hydrogen-bond acceptors (Lipinski definition) is 3. The van der Waals surface area contributed by atoms with E-state index in [1.54, 1.807) is 0 Å². The summed E-state index contributed by atoms with van der Waals surface area (Å²) in [7, 11) is 0. The number of aryl methyl sites for hydroxylation is 2. The van der Waals surface area contributed by atoms with Crippen LogP contribution in [0.2, 0.25) is 0 Å². The van der Waals surface area contributed by atoms with Crippen molar-refractivity contribution in [2.75, 3.05) is 13.2 Å². The molecule has 1 heterocycles. The van der Waals surface area contributed by atoms with Crippen LogP contribution in [0.5, 0.6) is 0 Å². The minimum atomic E-state index is -0.104. The molecule has 0 saturated carbocycles. The van der Waals surface area contributed by atoms with Crippen LogP contribution in [0.15, 0.2) is 24.3 Å². The number of hydrogen-bond donors (Lipinski definition) is 2. The first-order chi connectivity index (χ1) is 10.0. The number of pyridine rings is 1. The Kier molecular flexibility index (Phi) is 4.91. The number of nitrogens with one attached hydrogen (secondary N) is 1. The molecule has 0 bridgehead atoms. The smallest absolute Gasteiger partial charge is 0.253 e. The van der Waals surface area contributed by atoms with Crippen LogP contribution in [0, 0.1) is 19.8 Å². The van der Waals surface area contributed by atoms with Gasteiger partial charge in [0.25, 0.3) is 5.91 Å².